The first-order valence-corrected chi connectivity index (χ1v) is 10.7. The van der Waals surface area contributed by atoms with Crippen LogP contribution in [0.3, 0.4) is 0 Å². The highest BCUT2D eigenvalue weighted by Gasteiger charge is 2.26. The summed E-state index contributed by atoms with van der Waals surface area (Å²) in [6.45, 7) is 2.84. The van der Waals surface area contributed by atoms with Gasteiger partial charge < -0.3 is 21.3 Å². The summed E-state index contributed by atoms with van der Waals surface area (Å²) >= 11 is 12.1. The van der Waals surface area contributed by atoms with Crippen molar-refractivity contribution in [2.24, 2.45) is 16.5 Å². The topological polar surface area (TPSA) is 88.0 Å². The molecule has 1 saturated heterocycles. The van der Waals surface area contributed by atoms with E-state index in [0.717, 1.165) is 30.8 Å². The van der Waals surface area contributed by atoms with Gasteiger partial charge in [-0.15, -0.1) is 0 Å². The van der Waals surface area contributed by atoms with E-state index in [2.05, 4.69) is 9.89 Å². The monoisotopic (exact) mass is 447 g/mol. The molecule has 1 heterocycles. The van der Waals surface area contributed by atoms with Crippen LogP contribution < -0.4 is 11.5 Å². The van der Waals surface area contributed by atoms with Crippen LogP contribution in [0, 0.1) is 0 Å². The van der Waals surface area contributed by atoms with Crippen molar-refractivity contribution < 1.29 is 4.79 Å². The predicted octanol–water partition coefficient (Wildman–Crippen LogP) is 3.74. The summed E-state index contributed by atoms with van der Waals surface area (Å²) in [5, 5.41) is 0.924. The van der Waals surface area contributed by atoms with Gasteiger partial charge in [0.1, 0.15) is 0 Å². The maximum absolute atomic E-state index is 13.1. The summed E-state index contributed by atoms with van der Waals surface area (Å²) < 4.78 is 0. The first-order valence-electron chi connectivity index (χ1n) is 9.95. The van der Waals surface area contributed by atoms with E-state index in [1.807, 2.05) is 37.4 Å². The van der Waals surface area contributed by atoms with Gasteiger partial charge in [-0.05, 0) is 61.3 Å². The minimum Gasteiger partial charge on any atom is -0.370 e. The Kier molecular flexibility index (Phi) is 7.58. The van der Waals surface area contributed by atoms with Crippen LogP contribution in [0.5, 0.6) is 0 Å². The normalized spacial score (nSPS) is 15.0. The van der Waals surface area contributed by atoms with Gasteiger partial charge in [0.2, 0.25) is 5.91 Å². The van der Waals surface area contributed by atoms with Gasteiger partial charge in [0.05, 0.1) is 28.2 Å². The molecule has 0 radical (unpaired) electrons. The average Bonchev–Trinajstić information content (AvgIpc) is 3.21. The maximum atomic E-state index is 13.1. The molecular weight excluding hydrogens is 421 g/mol. The SMILES string of the molecule is CN(C(=O)Cc1ccc(Cl)c(Cl)c1)C(CN1CCCC1)c1cccc(N=C(N)N)c1. The third kappa shape index (κ3) is 5.88. The Bertz CT molecular complexity index is 923. The number of amides is 1. The lowest BCUT2D eigenvalue weighted by Gasteiger charge is -2.32. The molecule has 2 aromatic rings. The number of rotatable bonds is 7. The van der Waals surface area contributed by atoms with Gasteiger partial charge in [-0.3, -0.25) is 4.79 Å². The molecule has 30 heavy (non-hydrogen) atoms. The minimum atomic E-state index is -0.118. The van der Waals surface area contributed by atoms with Crippen LogP contribution in [0.2, 0.25) is 10.0 Å². The molecule has 6 nitrogen and oxygen atoms in total. The third-order valence-electron chi connectivity index (χ3n) is 5.34. The molecule has 3 rings (SSSR count). The Labute approximate surface area is 187 Å². The molecule has 0 spiro atoms. The van der Waals surface area contributed by atoms with Crippen molar-refractivity contribution in [1.82, 2.24) is 9.80 Å². The van der Waals surface area contributed by atoms with E-state index in [1.165, 1.54) is 12.8 Å². The first-order chi connectivity index (χ1) is 14.3. The Balaban J connectivity index is 1.84. The van der Waals surface area contributed by atoms with Crippen molar-refractivity contribution in [2.75, 3.05) is 26.7 Å². The van der Waals surface area contributed by atoms with Gasteiger partial charge in [0, 0.05) is 13.6 Å². The lowest BCUT2D eigenvalue weighted by atomic mass is 10.0. The molecule has 8 heteroatoms. The number of halogens is 2. The summed E-state index contributed by atoms with van der Waals surface area (Å²) in [7, 11) is 1.84. The number of carbonyl (C=O) groups excluding carboxylic acids is 1. The van der Waals surface area contributed by atoms with E-state index in [4.69, 9.17) is 34.7 Å². The molecule has 0 bridgehead atoms. The molecule has 1 atom stereocenters. The van der Waals surface area contributed by atoms with Crippen LogP contribution in [0.25, 0.3) is 0 Å². The highest BCUT2D eigenvalue weighted by Crippen LogP contribution is 2.28. The Morgan fingerprint density at radius 3 is 2.53 bits per heavy atom. The highest BCUT2D eigenvalue weighted by molar-refractivity contribution is 6.42. The smallest absolute Gasteiger partial charge is 0.227 e. The number of carbonyl (C=O) groups is 1. The summed E-state index contributed by atoms with van der Waals surface area (Å²) in [4.78, 5) is 21.5. The zero-order valence-corrected chi connectivity index (χ0v) is 18.5. The number of hydrogen-bond donors (Lipinski definition) is 2. The van der Waals surface area contributed by atoms with Crippen molar-refractivity contribution in [3.8, 4) is 0 Å². The Morgan fingerprint density at radius 2 is 1.87 bits per heavy atom. The van der Waals surface area contributed by atoms with Crippen molar-refractivity contribution in [2.45, 2.75) is 25.3 Å². The number of likely N-dealkylation sites (tertiary alicyclic amines) is 1. The van der Waals surface area contributed by atoms with Crippen molar-refractivity contribution in [1.29, 1.82) is 0 Å². The van der Waals surface area contributed by atoms with Crippen LogP contribution in [0.4, 0.5) is 5.69 Å². The molecular formula is C22H27Cl2N5O. The molecule has 2 aromatic carbocycles. The molecule has 1 aliphatic rings. The number of nitrogens with zero attached hydrogens (tertiary/aromatic N) is 3. The number of benzene rings is 2. The predicted molar refractivity (Wildman–Crippen MR) is 123 cm³/mol. The molecule has 1 fully saturated rings. The van der Waals surface area contributed by atoms with E-state index in [-0.39, 0.29) is 24.3 Å². The molecule has 0 saturated carbocycles. The summed E-state index contributed by atoms with van der Waals surface area (Å²) in [5.74, 6) is 0.0112. The molecule has 4 N–H and O–H groups in total. The van der Waals surface area contributed by atoms with E-state index in [1.54, 1.807) is 17.0 Å². The van der Waals surface area contributed by atoms with Crippen molar-refractivity contribution in [3.63, 3.8) is 0 Å². The quantitative estimate of drug-likeness (QED) is 0.499. The lowest BCUT2D eigenvalue weighted by molar-refractivity contribution is -0.131. The Hall–Kier alpha value is -2.28. The fourth-order valence-corrected chi connectivity index (χ4v) is 4.06. The van der Waals surface area contributed by atoms with Crippen LogP contribution in [-0.2, 0) is 11.2 Å². The van der Waals surface area contributed by atoms with Gasteiger partial charge in [-0.1, -0.05) is 41.4 Å². The molecule has 0 aromatic heterocycles. The molecule has 1 unspecified atom stereocenters. The molecule has 160 valence electrons. The van der Waals surface area contributed by atoms with Crippen LogP contribution >= 0.6 is 23.2 Å². The number of nitrogens with two attached hydrogens (primary N) is 2. The van der Waals surface area contributed by atoms with Gasteiger partial charge in [-0.25, -0.2) is 4.99 Å². The second-order valence-corrected chi connectivity index (χ2v) is 8.40. The zero-order valence-electron chi connectivity index (χ0n) is 17.0. The number of likely N-dealkylation sites (N-methyl/N-ethyl adjacent to an activating group) is 1. The number of guanidine groups is 1. The van der Waals surface area contributed by atoms with Crippen LogP contribution in [0.15, 0.2) is 47.5 Å². The van der Waals surface area contributed by atoms with Gasteiger partial charge in [0.15, 0.2) is 5.96 Å². The molecule has 0 aliphatic carbocycles. The number of aliphatic imine (C=N–C) groups is 1. The van der Waals surface area contributed by atoms with Crippen LogP contribution in [0.1, 0.15) is 30.0 Å². The summed E-state index contributed by atoms with van der Waals surface area (Å²) in [6.07, 6.45) is 2.61. The van der Waals surface area contributed by atoms with Gasteiger partial charge in [0.25, 0.3) is 0 Å². The van der Waals surface area contributed by atoms with E-state index < -0.39 is 0 Å². The molecule has 1 amide bonds. The fourth-order valence-electron chi connectivity index (χ4n) is 3.73. The van der Waals surface area contributed by atoms with E-state index in [9.17, 15) is 4.79 Å². The second-order valence-electron chi connectivity index (χ2n) is 7.59. The van der Waals surface area contributed by atoms with E-state index >= 15 is 0 Å². The number of hydrogen-bond acceptors (Lipinski definition) is 3. The van der Waals surface area contributed by atoms with Crippen LogP contribution in [-0.4, -0.2) is 48.3 Å². The standard InChI is InChI=1S/C22H27Cl2N5O/c1-28(21(30)12-15-7-8-18(23)19(24)11-15)20(14-29-9-2-3-10-29)16-5-4-6-17(13-16)27-22(25)26/h4-8,11,13,20H,2-3,9-10,12,14H2,1H3,(H4,25,26,27). The van der Waals surface area contributed by atoms with E-state index in [0.29, 0.717) is 15.7 Å². The third-order valence-corrected chi connectivity index (χ3v) is 6.08. The highest BCUT2D eigenvalue weighted by atomic mass is 35.5. The zero-order chi connectivity index (χ0) is 21.7. The Morgan fingerprint density at radius 1 is 1.13 bits per heavy atom. The minimum absolute atomic E-state index is 0.00447. The second kappa shape index (κ2) is 10.2. The lowest BCUT2D eigenvalue weighted by Crippen LogP contribution is -2.39. The van der Waals surface area contributed by atoms with Gasteiger partial charge in [-0.2, -0.15) is 0 Å². The summed E-state index contributed by atoms with van der Waals surface area (Å²) in [6, 6.07) is 12.9. The van der Waals surface area contributed by atoms with Crippen molar-refractivity contribution >= 4 is 40.8 Å². The summed E-state index contributed by atoms with van der Waals surface area (Å²) in [5.41, 5.74) is 13.6. The largest absolute Gasteiger partial charge is 0.370 e. The fraction of sp³-hybridized carbons (Fsp3) is 0.364. The molecule has 1 aliphatic heterocycles. The first kappa shape index (κ1) is 22.4. The van der Waals surface area contributed by atoms with Gasteiger partial charge >= 0.3 is 0 Å². The average molecular weight is 448 g/mol. The maximum Gasteiger partial charge on any atom is 0.227 e. The van der Waals surface area contributed by atoms with Crippen molar-refractivity contribution in [3.05, 3.63) is 63.6 Å².